The predicted molar refractivity (Wildman–Crippen MR) is 84.5 cm³/mol. The topological polar surface area (TPSA) is 67.8 Å². The zero-order valence-corrected chi connectivity index (χ0v) is 12.9. The lowest BCUT2D eigenvalue weighted by Gasteiger charge is -2.10. The summed E-state index contributed by atoms with van der Waals surface area (Å²) in [6, 6.07) is 12.0. The molecule has 5 nitrogen and oxygen atoms in total. The lowest BCUT2D eigenvalue weighted by molar-refractivity contribution is 0.191. The van der Waals surface area contributed by atoms with E-state index in [9.17, 15) is 4.79 Å². The Labute approximate surface area is 137 Å². The first kappa shape index (κ1) is 16.3. The first-order chi connectivity index (χ1) is 10.5. The van der Waals surface area contributed by atoms with Crippen LogP contribution in [0.15, 0.2) is 42.5 Å². The number of halogens is 2. The Bertz CT molecular complexity index is 664. The van der Waals surface area contributed by atoms with Gasteiger partial charge in [0.1, 0.15) is 23.9 Å². The van der Waals surface area contributed by atoms with Crippen LogP contribution in [0.2, 0.25) is 10.0 Å². The average Bonchev–Trinajstić information content (AvgIpc) is 2.45. The van der Waals surface area contributed by atoms with E-state index in [-0.39, 0.29) is 13.2 Å². The molecule has 1 amide bonds. The molecule has 0 saturated heterocycles. The molecular formula is C15H13Cl2NO4. The number of rotatable bonds is 6. The Morgan fingerprint density at radius 2 is 1.91 bits per heavy atom. The van der Waals surface area contributed by atoms with Crippen molar-refractivity contribution in [1.29, 1.82) is 0 Å². The van der Waals surface area contributed by atoms with E-state index >= 15 is 0 Å². The van der Waals surface area contributed by atoms with Gasteiger partial charge >= 0.3 is 6.09 Å². The fourth-order valence-corrected chi connectivity index (χ4v) is 2.05. The molecule has 0 aliphatic rings. The maximum atomic E-state index is 10.3. The standard InChI is InChI=1S/C15H13Cl2NO4/c16-10-2-1-3-11(8-10)22-12-4-5-14(13(17)9-12)21-7-6-18-15(19)20/h1-5,8-9,18H,6-7H2,(H,19,20). The molecule has 0 unspecified atom stereocenters. The average molecular weight is 342 g/mol. The molecule has 0 bridgehead atoms. The highest BCUT2D eigenvalue weighted by Crippen LogP contribution is 2.31. The molecule has 2 aromatic rings. The van der Waals surface area contributed by atoms with Crippen molar-refractivity contribution in [2.24, 2.45) is 0 Å². The van der Waals surface area contributed by atoms with E-state index in [0.29, 0.717) is 27.3 Å². The van der Waals surface area contributed by atoms with Gasteiger partial charge in [0.2, 0.25) is 0 Å². The smallest absolute Gasteiger partial charge is 0.404 e. The number of nitrogens with one attached hydrogen (secondary N) is 1. The van der Waals surface area contributed by atoms with E-state index < -0.39 is 6.09 Å². The van der Waals surface area contributed by atoms with Crippen LogP contribution in [0.4, 0.5) is 4.79 Å². The van der Waals surface area contributed by atoms with Crippen LogP contribution in [-0.4, -0.2) is 24.4 Å². The summed E-state index contributed by atoms with van der Waals surface area (Å²) < 4.78 is 11.0. The number of ether oxygens (including phenoxy) is 2. The molecule has 0 spiro atoms. The third kappa shape index (κ3) is 5.02. The van der Waals surface area contributed by atoms with Crippen molar-refractivity contribution in [1.82, 2.24) is 5.32 Å². The second-order valence-electron chi connectivity index (χ2n) is 4.23. The summed E-state index contributed by atoms with van der Waals surface area (Å²) in [5, 5.41) is 11.6. The summed E-state index contributed by atoms with van der Waals surface area (Å²) >= 11 is 12.0. The molecule has 0 aromatic heterocycles. The van der Waals surface area contributed by atoms with Gasteiger partial charge in [-0.2, -0.15) is 0 Å². The van der Waals surface area contributed by atoms with Gasteiger partial charge in [0.25, 0.3) is 0 Å². The summed E-state index contributed by atoms with van der Waals surface area (Å²) in [6.45, 7) is 0.354. The molecule has 0 saturated carbocycles. The number of hydrogen-bond donors (Lipinski definition) is 2. The van der Waals surface area contributed by atoms with E-state index in [0.717, 1.165) is 0 Å². The second kappa shape index (κ2) is 7.77. The summed E-state index contributed by atoms with van der Waals surface area (Å²) in [5.74, 6) is 1.60. The molecule has 116 valence electrons. The molecule has 0 aliphatic carbocycles. The number of benzene rings is 2. The van der Waals surface area contributed by atoms with E-state index in [4.69, 9.17) is 37.8 Å². The number of carboxylic acid groups (broad SMARTS) is 1. The largest absolute Gasteiger partial charge is 0.490 e. The zero-order valence-electron chi connectivity index (χ0n) is 11.4. The van der Waals surface area contributed by atoms with E-state index in [1.807, 2.05) is 0 Å². The Morgan fingerprint density at radius 3 is 2.59 bits per heavy atom. The lowest BCUT2D eigenvalue weighted by Crippen LogP contribution is -2.26. The fourth-order valence-electron chi connectivity index (χ4n) is 1.65. The van der Waals surface area contributed by atoms with Crippen molar-refractivity contribution >= 4 is 29.3 Å². The van der Waals surface area contributed by atoms with Crippen LogP contribution in [0, 0.1) is 0 Å². The quantitative estimate of drug-likeness (QED) is 0.762. The summed E-state index contributed by atoms with van der Waals surface area (Å²) in [7, 11) is 0. The predicted octanol–water partition coefficient (Wildman–Crippen LogP) is 4.43. The van der Waals surface area contributed by atoms with E-state index in [1.54, 1.807) is 42.5 Å². The van der Waals surface area contributed by atoms with Crippen LogP contribution < -0.4 is 14.8 Å². The molecule has 0 radical (unpaired) electrons. The number of hydrogen-bond acceptors (Lipinski definition) is 3. The number of carbonyl (C=O) groups is 1. The van der Waals surface area contributed by atoms with Gasteiger partial charge in [-0.1, -0.05) is 29.3 Å². The van der Waals surface area contributed by atoms with Crippen LogP contribution in [0.3, 0.4) is 0 Å². The second-order valence-corrected chi connectivity index (χ2v) is 5.08. The summed E-state index contributed by atoms with van der Waals surface area (Å²) in [6.07, 6.45) is -1.10. The monoisotopic (exact) mass is 341 g/mol. The first-order valence-electron chi connectivity index (χ1n) is 6.37. The molecule has 2 N–H and O–H groups in total. The molecule has 7 heteroatoms. The molecule has 2 rings (SSSR count). The van der Waals surface area contributed by atoms with Crippen molar-refractivity contribution in [2.75, 3.05) is 13.2 Å². The lowest BCUT2D eigenvalue weighted by atomic mass is 10.3. The van der Waals surface area contributed by atoms with Gasteiger partial charge in [-0.15, -0.1) is 0 Å². The molecule has 22 heavy (non-hydrogen) atoms. The highest BCUT2D eigenvalue weighted by molar-refractivity contribution is 6.32. The van der Waals surface area contributed by atoms with Gasteiger partial charge in [0.05, 0.1) is 11.6 Å². The maximum absolute atomic E-state index is 10.3. The summed E-state index contributed by atoms with van der Waals surface area (Å²) in [4.78, 5) is 10.3. The normalized spacial score (nSPS) is 10.1. The first-order valence-corrected chi connectivity index (χ1v) is 7.13. The van der Waals surface area contributed by atoms with Gasteiger partial charge in [0, 0.05) is 11.1 Å². The molecular weight excluding hydrogens is 329 g/mol. The fraction of sp³-hybridized carbons (Fsp3) is 0.133. The van der Waals surface area contributed by atoms with Crippen molar-refractivity contribution in [3.05, 3.63) is 52.5 Å². The molecule has 0 fully saturated rings. The Kier molecular flexibility index (Phi) is 5.75. The summed E-state index contributed by atoms with van der Waals surface area (Å²) in [5.41, 5.74) is 0. The van der Waals surface area contributed by atoms with Gasteiger partial charge in [-0.3, -0.25) is 0 Å². The van der Waals surface area contributed by atoms with Crippen molar-refractivity contribution in [2.45, 2.75) is 0 Å². The van der Waals surface area contributed by atoms with Crippen molar-refractivity contribution in [3.63, 3.8) is 0 Å². The Balaban J connectivity index is 1.95. The molecule has 2 aromatic carbocycles. The molecule has 0 heterocycles. The van der Waals surface area contributed by atoms with E-state index in [1.165, 1.54) is 0 Å². The third-order valence-electron chi connectivity index (χ3n) is 2.57. The van der Waals surface area contributed by atoms with Crippen LogP contribution in [0.1, 0.15) is 0 Å². The maximum Gasteiger partial charge on any atom is 0.404 e. The molecule has 0 atom stereocenters. The minimum atomic E-state index is -1.10. The minimum Gasteiger partial charge on any atom is -0.490 e. The minimum absolute atomic E-state index is 0.173. The Hall–Kier alpha value is -2.11. The van der Waals surface area contributed by atoms with Gasteiger partial charge in [-0.05, 0) is 30.3 Å². The SMILES string of the molecule is O=C(O)NCCOc1ccc(Oc2cccc(Cl)c2)cc1Cl. The van der Waals surface area contributed by atoms with E-state index in [2.05, 4.69) is 5.32 Å². The highest BCUT2D eigenvalue weighted by atomic mass is 35.5. The van der Waals surface area contributed by atoms with Crippen LogP contribution in [0.5, 0.6) is 17.2 Å². The molecule has 0 aliphatic heterocycles. The Morgan fingerprint density at radius 1 is 1.14 bits per heavy atom. The van der Waals surface area contributed by atoms with Gasteiger partial charge < -0.3 is 19.9 Å². The van der Waals surface area contributed by atoms with Crippen LogP contribution in [-0.2, 0) is 0 Å². The number of amides is 1. The highest BCUT2D eigenvalue weighted by Gasteiger charge is 2.05. The van der Waals surface area contributed by atoms with Crippen molar-refractivity contribution in [3.8, 4) is 17.2 Å². The van der Waals surface area contributed by atoms with Crippen LogP contribution >= 0.6 is 23.2 Å². The third-order valence-corrected chi connectivity index (χ3v) is 3.10. The zero-order chi connectivity index (χ0) is 15.9. The van der Waals surface area contributed by atoms with Crippen LogP contribution in [0.25, 0.3) is 0 Å². The van der Waals surface area contributed by atoms with Gasteiger partial charge in [-0.25, -0.2) is 4.79 Å². The van der Waals surface area contributed by atoms with Crippen molar-refractivity contribution < 1.29 is 19.4 Å². The van der Waals surface area contributed by atoms with Gasteiger partial charge in [0.15, 0.2) is 0 Å².